The average Bonchev–Trinajstić information content (AvgIpc) is 3.02. The van der Waals surface area contributed by atoms with E-state index in [2.05, 4.69) is 4.90 Å². The molecule has 2 amide bonds. The molecule has 2 aliphatic rings. The summed E-state index contributed by atoms with van der Waals surface area (Å²) < 4.78 is 5.80. The first-order valence-corrected chi connectivity index (χ1v) is 10.8. The van der Waals surface area contributed by atoms with Crippen molar-refractivity contribution in [1.82, 2.24) is 9.80 Å². The summed E-state index contributed by atoms with van der Waals surface area (Å²) in [6.45, 7) is 2.81. The van der Waals surface area contributed by atoms with Crippen LogP contribution in [0.4, 0.5) is 4.79 Å². The van der Waals surface area contributed by atoms with E-state index < -0.39 is 0 Å². The lowest BCUT2D eigenvalue weighted by molar-refractivity contribution is -0.124. The fourth-order valence-corrected chi connectivity index (χ4v) is 4.31. The number of nitrogens with zero attached hydrogens (tertiary/aromatic N) is 2. The number of amides is 2. The van der Waals surface area contributed by atoms with Crippen LogP contribution in [0.25, 0.3) is 6.08 Å². The molecule has 0 bridgehead atoms. The van der Waals surface area contributed by atoms with Crippen LogP contribution in [0.15, 0.2) is 59.5 Å². The van der Waals surface area contributed by atoms with Crippen LogP contribution in [0.5, 0.6) is 5.75 Å². The molecule has 2 heterocycles. The van der Waals surface area contributed by atoms with E-state index in [1.165, 1.54) is 11.3 Å². The molecule has 0 aliphatic carbocycles. The Morgan fingerprint density at radius 1 is 0.931 bits per heavy atom. The van der Waals surface area contributed by atoms with Crippen LogP contribution in [0, 0.1) is 0 Å². The summed E-state index contributed by atoms with van der Waals surface area (Å²) in [5.74, 6) is 0.569. The fraction of sp³-hybridized carbons (Fsp3) is 0.304. The number of hydrogen-bond acceptors (Lipinski definition) is 5. The van der Waals surface area contributed by atoms with Crippen molar-refractivity contribution in [3.63, 3.8) is 0 Å². The second-order valence-electron chi connectivity index (χ2n) is 7.27. The molecule has 2 saturated heterocycles. The summed E-state index contributed by atoms with van der Waals surface area (Å²) >= 11 is 1.02. The van der Waals surface area contributed by atoms with Crippen molar-refractivity contribution in [3.8, 4) is 5.75 Å². The Balaban J connectivity index is 1.37. The number of carbonyl (C=O) groups excluding carboxylic acids is 2. The quantitative estimate of drug-likeness (QED) is 0.646. The van der Waals surface area contributed by atoms with Gasteiger partial charge in [-0.1, -0.05) is 48.9 Å². The predicted molar refractivity (Wildman–Crippen MR) is 115 cm³/mol. The molecule has 0 atom stereocenters. The van der Waals surface area contributed by atoms with Gasteiger partial charge in [-0.05, 0) is 67.0 Å². The third kappa shape index (κ3) is 5.08. The van der Waals surface area contributed by atoms with E-state index in [0.29, 0.717) is 18.2 Å². The van der Waals surface area contributed by atoms with Crippen molar-refractivity contribution in [2.45, 2.75) is 25.9 Å². The number of thioether (sulfide) groups is 1. The lowest BCUT2D eigenvalue weighted by atomic mass is 10.1. The fourth-order valence-electron chi connectivity index (χ4n) is 3.48. The Labute approximate surface area is 175 Å². The van der Waals surface area contributed by atoms with Crippen molar-refractivity contribution in [2.75, 3.05) is 19.8 Å². The molecule has 5 nitrogen and oxygen atoms in total. The van der Waals surface area contributed by atoms with E-state index in [1.54, 1.807) is 6.08 Å². The van der Waals surface area contributed by atoms with Crippen molar-refractivity contribution >= 4 is 29.0 Å². The van der Waals surface area contributed by atoms with Crippen molar-refractivity contribution in [3.05, 3.63) is 70.6 Å². The number of carbonyl (C=O) groups is 2. The van der Waals surface area contributed by atoms with Gasteiger partial charge in [-0.2, -0.15) is 0 Å². The Hall–Kier alpha value is -2.57. The summed E-state index contributed by atoms with van der Waals surface area (Å²) in [4.78, 5) is 29.0. The van der Waals surface area contributed by atoms with E-state index in [4.69, 9.17) is 4.74 Å². The molecule has 2 aromatic carbocycles. The van der Waals surface area contributed by atoms with Crippen LogP contribution in [0.2, 0.25) is 0 Å². The van der Waals surface area contributed by atoms with Crippen molar-refractivity contribution in [2.24, 2.45) is 0 Å². The molecule has 29 heavy (non-hydrogen) atoms. The van der Waals surface area contributed by atoms with Crippen LogP contribution in [-0.2, 0) is 11.4 Å². The van der Waals surface area contributed by atoms with E-state index >= 15 is 0 Å². The molecule has 2 aliphatic heterocycles. The smallest absolute Gasteiger partial charge is 0.294 e. The molecule has 150 valence electrons. The minimum atomic E-state index is -0.199. The van der Waals surface area contributed by atoms with Crippen LogP contribution in [0.3, 0.4) is 0 Å². The van der Waals surface area contributed by atoms with E-state index in [0.717, 1.165) is 54.6 Å². The van der Waals surface area contributed by atoms with Gasteiger partial charge in [0.05, 0.1) is 11.6 Å². The topological polar surface area (TPSA) is 49.9 Å². The Bertz CT molecular complexity index is 890. The molecule has 0 aromatic heterocycles. The van der Waals surface area contributed by atoms with Crippen molar-refractivity contribution < 1.29 is 14.3 Å². The normalized spacial score (nSPS) is 19.2. The molecule has 0 spiro atoms. The highest BCUT2D eigenvalue weighted by Gasteiger charge is 2.36. The Kier molecular flexibility index (Phi) is 6.32. The minimum absolute atomic E-state index is 0.186. The van der Waals surface area contributed by atoms with Gasteiger partial charge in [0.15, 0.2) is 0 Å². The van der Waals surface area contributed by atoms with Crippen LogP contribution in [-0.4, -0.2) is 40.7 Å². The molecule has 2 aromatic rings. The average molecular weight is 409 g/mol. The molecule has 6 heteroatoms. The Morgan fingerprint density at radius 2 is 1.66 bits per heavy atom. The molecule has 0 unspecified atom stereocenters. The molecule has 0 N–H and O–H groups in total. The highest BCUT2D eigenvalue weighted by molar-refractivity contribution is 8.18. The second kappa shape index (κ2) is 9.29. The van der Waals surface area contributed by atoms with Crippen molar-refractivity contribution in [1.29, 1.82) is 0 Å². The maximum Gasteiger partial charge on any atom is 0.294 e. The van der Waals surface area contributed by atoms with Gasteiger partial charge in [-0.3, -0.25) is 19.4 Å². The molecule has 2 fully saturated rings. The van der Waals surface area contributed by atoms with Crippen LogP contribution >= 0.6 is 11.8 Å². The molecular weight excluding hydrogens is 384 g/mol. The maximum atomic E-state index is 12.7. The molecule has 4 rings (SSSR count). The summed E-state index contributed by atoms with van der Waals surface area (Å²) in [6, 6.07) is 17.6. The zero-order chi connectivity index (χ0) is 20.1. The number of ether oxygens (including phenoxy) is 1. The standard InChI is InChI=1S/C23H24N2O3S/c26-22-21(29-23(27)25(22)17-24-13-5-2-6-14-24)15-18-9-11-20(12-10-18)28-16-19-7-3-1-4-8-19/h1,3-4,7-12,15H,2,5-6,13-14,16-17H2. The highest BCUT2D eigenvalue weighted by Crippen LogP contribution is 2.32. The number of hydrogen-bond donors (Lipinski definition) is 0. The second-order valence-corrected chi connectivity index (χ2v) is 8.27. The first-order chi connectivity index (χ1) is 14.2. The van der Waals surface area contributed by atoms with Gasteiger partial charge in [0.2, 0.25) is 0 Å². The monoisotopic (exact) mass is 408 g/mol. The third-order valence-electron chi connectivity index (χ3n) is 5.09. The summed E-state index contributed by atoms with van der Waals surface area (Å²) in [5.41, 5.74) is 1.99. The third-order valence-corrected chi connectivity index (χ3v) is 6.00. The first kappa shape index (κ1) is 19.7. The lowest BCUT2D eigenvalue weighted by Gasteiger charge is -2.29. The van der Waals surface area contributed by atoms with E-state index in [9.17, 15) is 9.59 Å². The summed E-state index contributed by atoms with van der Waals surface area (Å²) in [7, 11) is 0. The van der Waals surface area contributed by atoms with Gasteiger partial charge in [0.1, 0.15) is 12.4 Å². The zero-order valence-corrected chi connectivity index (χ0v) is 17.1. The van der Waals surface area contributed by atoms with Gasteiger partial charge in [-0.25, -0.2) is 0 Å². The van der Waals surface area contributed by atoms with Gasteiger partial charge >= 0.3 is 0 Å². The SMILES string of the molecule is O=C1SC(=Cc2ccc(OCc3ccccc3)cc2)C(=O)N1CN1CCCCC1. The number of likely N-dealkylation sites (tertiary alicyclic amines) is 1. The lowest BCUT2D eigenvalue weighted by Crippen LogP contribution is -2.42. The maximum absolute atomic E-state index is 12.7. The highest BCUT2D eigenvalue weighted by atomic mass is 32.2. The predicted octanol–water partition coefficient (Wildman–Crippen LogP) is 4.75. The largest absolute Gasteiger partial charge is 0.489 e. The Morgan fingerprint density at radius 3 is 2.38 bits per heavy atom. The summed E-state index contributed by atoms with van der Waals surface area (Å²) in [5, 5.41) is -0.186. The van der Waals surface area contributed by atoms with Gasteiger partial charge < -0.3 is 4.74 Å². The van der Waals surface area contributed by atoms with Gasteiger partial charge in [0, 0.05) is 0 Å². The number of imide groups is 1. The first-order valence-electron chi connectivity index (χ1n) is 9.93. The zero-order valence-electron chi connectivity index (χ0n) is 16.3. The van der Waals surface area contributed by atoms with Crippen LogP contribution in [0.1, 0.15) is 30.4 Å². The van der Waals surface area contributed by atoms with Gasteiger partial charge in [0.25, 0.3) is 11.1 Å². The van der Waals surface area contributed by atoms with E-state index in [1.807, 2.05) is 54.6 Å². The minimum Gasteiger partial charge on any atom is -0.489 e. The molecular formula is C23H24N2O3S. The van der Waals surface area contributed by atoms with E-state index in [-0.39, 0.29) is 11.1 Å². The molecule has 0 saturated carbocycles. The molecule has 0 radical (unpaired) electrons. The number of rotatable bonds is 6. The van der Waals surface area contributed by atoms with Crippen LogP contribution < -0.4 is 4.74 Å². The number of benzene rings is 2. The summed E-state index contributed by atoms with van der Waals surface area (Å²) in [6.07, 6.45) is 5.26. The number of piperidine rings is 1. The van der Waals surface area contributed by atoms with Gasteiger partial charge in [-0.15, -0.1) is 0 Å².